The van der Waals surface area contributed by atoms with Crippen LogP contribution in [0.5, 0.6) is 11.5 Å². The summed E-state index contributed by atoms with van der Waals surface area (Å²) in [7, 11) is 1.43. The van der Waals surface area contributed by atoms with Crippen molar-refractivity contribution in [3.8, 4) is 11.5 Å². The van der Waals surface area contributed by atoms with Gasteiger partial charge in [0, 0.05) is 12.2 Å². The Morgan fingerprint density at radius 1 is 1.07 bits per heavy atom. The van der Waals surface area contributed by atoms with Gasteiger partial charge in [0.1, 0.15) is 6.61 Å². The topological polar surface area (TPSA) is 102 Å². The highest BCUT2D eigenvalue weighted by Crippen LogP contribution is 2.40. The lowest BCUT2D eigenvalue weighted by Gasteiger charge is -2.32. The van der Waals surface area contributed by atoms with Gasteiger partial charge < -0.3 is 24.4 Å². The largest absolute Gasteiger partial charge is 0.504 e. The Hall–Kier alpha value is -3.84. The molecule has 0 aromatic heterocycles. The molecule has 40 heavy (non-hydrogen) atoms. The van der Waals surface area contributed by atoms with E-state index in [1.54, 1.807) is 25.1 Å². The van der Waals surface area contributed by atoms with Crippen molar-refractivity contribution in [2.45, 2.75) is 60.0 Å². The second kappa shape index (κ2) is 15.7. The standard InChI is InChI=1S/C33H42O7/c1-23(12-15-28-25(3)11-8-18-33(28,4)5)9-7-10-24(2)19-32(37)40-27(21-34)22-39-31(36)17-14-26-13-16-29(35)30(20-26)38-6/h7,9-10,12-17,19-20,27,34-35H,8,11,18,21-22H2,1-6H3/b10-7+,15-12+,17-14+,23-9+,24-19+. The molecule has 0 heterocycles. The molecule has 2 rings (SSSR count). The normalized spacial score (nSPS) is 17.1. The number of phenols is 1. The minimum absolute atomic E-state index is 0.0134. The molecule has 1 aromatic rings. The highest BCUT2D eigenvalue weighted by atomic mass is 16.6. The predicted octanol–water partition coefficient (Wildman–Crippen LogP) is 6.39. The Labute approximate surface area is 237 Å². The molecule has 0 radical (unpaired) electrons. The number of rotatable bonds is 12. The Morgan fingerprint density at radius 3 is 2.50 bits per heavy atom. The number of carbonyl (C=O) groups is 2. The number of phenolic OH excluding ortho intramolecular Hbond substituents is 1. The third kappa shape index (κ3) is 10.7. The van der Waals surface area contributed by atoms with Crippen LogP contribution in [0.15, 0.2) is 83.0 Å². The number of carbonyl (C=O) groups excluding carboxylic acids is 2. The molecule has 1 unspecified atom stereocenters. The van der Waals surface area contributed by atoms with Crippen LogP contribution < -0.4 is 4.74 Å². The van der Waals surface area contributed by atoms with Gasteiger partial charge in [-0.3, -0.25) is 0 Å². The van der Waals surface area contributed by atoms with Gasteiger partial charge in [0.05, 0.1) is 13.7 Å². The van der Waals surface area contributed by atoms with Crippen LogP contribution in [0.4, 0.5) is 0 Å². The van der Waals surface area contributed by atoms with E-state index in [-0.39, 0.29) is 23.5 Å². The zero-order chi connectivity index (χ0) is 29.7. The van der Waals surface area contributed by atoms with E-state index < -0.39 is 24.6 Å². The van der Waals surface area contributed by atoms with E-state index in [0.29, 0.717) is 11.1 Å². The summed E-state index contributed by atoms with van der Waals surface area (Å²) in [6, 6.07) is 4.61. The lowest BCUT2D eigenvalue weighted by Crippen LogP contribution is -2.27. The van der Waals surface area contributed by atoms with Crippen LogP contribution in [0.2, 0.25) is 0 Å². The van der Waals surface area contributed by atoms with Crippen LogP contribution in [0.25, 0.3) is 6.08 Å². The van der Waals surface area contributed by atoms with Crippen molar-refractivity contribution in [3.05, 3.63) is 88.6 Å². The van der Waals surface area contributed by atoms with E-state index in [0.717, 1.165) is 12.0 Å². The Kier molecular flexibility index (Phi) is 12.7. The van der Waals surface area contributed by atoms with Crippen molar-refractivity contribution in [1.29, 1.82) is 0 Å². The van der Waals surface area contributed by atoms with Gasteiger partial charge in [-0.2, -0.15) is 0 Å². The maximum atomic E-state index is 12.3. The molecule has 0 bridgehead atoms. The lowest BCUT2D eigenvalue weighted by atomic mass is 9.72. The first-order valence-electron chi connectivity index (χ1n) is 13.4. The molecule has 0 fully saturated rings. The minimum atomic E-state index is -0.999. The number of aliphatic hydroxyl groups excluding tert-OH is 1. The number of ether oxygens (including phenoxy) is 3. The van der Waals surface area contributed by atoms with Gasteiger partial charge in [0.25, 0.3) is 0 Å². The summed E-state index contributed by atoms with van der Waals surface area (Å²) in [6.07, 6.45) is 16.6. The smallest absolute Gasteiger partial charge is 0.331 e. The predicted molar refractivity (Wildman–Crippen MR) is 158 cm³/mol. The van der Waals surface area contributed by atoms with E-state index >= 15 is 0 Å². The summed E-state index contributed by atoms with van der Waals surface area (Å²) < 4.78 is 15.3. The number of hydrogen-bond acceptors (Lipinski definition) is 7. The molecule has 1 aliphatic rings. The maximum absolute atomic E-state index is 12.3. The van der Waals surface area contributed by atoms with Crippen LogP contribution in [0, 0.1) is 5.41 Å². The number of esters is 2. The van der Waals surface area contributed by atoms with Crippen molar-refractivity contribution in [2.24, 2.45) is 5.41 Å². The molecule has 0 aliphatic heterocycles. The minimum Gasteiger partial charge on any atom is -0.504 e. The molecule has 0 amide bonds. The quantitative estimate of drug-likeness (QED) is 0.177. The fraction of sp³-hybridized carbons (Fsp3) is 0.394. The molecule has 0 saturated carbocycles. The van der Waals surface area contributed by atoms with E-state index in [4.69, 9.17) is 14.2 Å². The van der Waals surface area contributed by atoms with Crippen LogP contribution in [0.3, 0.4) is 0 Å². The second-order valence-electron chi connectivity index (χ2n) is 10.6. The molecule has 0 saturated heterocycles. The molecule has 7 nitrogen and oxygen atoms in total. The third-order valence-corrected chi connectivity index (χ3v) is 6.63. The number of methoxy groups -OCH3 is 1. The first-order valence-corrected chi connectivity index (χ1v) is 13.4. The van der Waals surface area contributed by atoms with Gasteiger partial charge in [-0.05, 0) is 80.4 Å². The summed E-state index contributed by atoms with van der Waals surface area (Å²) >= 11 is 0. The molecule has 216 valence electrons. The third-order valence-electron chi connectivity index (χ3n) is 6.63. The van der Waals surface area contributed by atoms with Gasteiger partial charge in [-0.15, -0.1) is 0 Å². The highest BCUT2D eigenvalue weighted by Gasteiger charge is 2.26. The average molecular weight is 551 g/mol. The zero-order valence-corrected chi connectivity index (χ0v) is 24.4. The number of aromatic hydroxyl groups is 1. The molecule has 0 spiro atoms. The SMILES string of the molecule is COc1cc(/C=C/C(=O)OCC(CO)OC(=O)/C=C(C)/C=C/C=C(C)/C=C/C2=C(C)CCCC2(C)C)ccc1O. The molecule has 7 heteroatoms. The lowest BCUT2D eigenvalue weighted by molar-refractivity contribution is -0.154. The molecule has 2 N–H and O–H groups in total. The highest BCUT2D eigenvalue weighted by molar-refractivity contribution is 5.87. The number of allylic oxidation sites excluding steroid dienone is 9. The van der Waals surface area contributed by atoms with Crippen molar-refractivity contribution in [2.75, 3.05) is 20.3 Å². The maximum Gasteiger partial charge on any atom is 0.331 e. The molecule has 1 aliphatic carbocycles. The Bertz CT molecular complexity index is 1230. The molecule has 1 aromatic carbocycles. The van der Waals surface area contributed by atoms with E-state index in [1.807, 2.05) is 19.1 Å². The van der Waals surface area contributed by atoms with E-state index in [1.165, 1.54) is 55.4 Å². The van der Waals surface area contributed by atoms with Gasteiger partial charge in [-0.1, -0.05) is 61.4 Å². The van der Waals surface area contributed by atoms with Crippen molar-refractivity contribution in [1.82, 2.24) is 0 Å². The number of aliphatic hydroxyl groups is 1. The van der Waals surface area contributed by atoms with Crippen LogP contribution >= 0.6 is 0 Å². The van der Waals surface area contributed by atoms with Crippen molar-refractivity contribution < 1.29 is 34.0 Å². The molecular weight excluding hydrogens is 508 g/mol. The summed E-state index contributed by atoms with van der Waals surface area (Å²) in [4.78, 5) is 24.3. The zero-order valence-electron chi connectivity index (χ0n) is 24.4. The fourth-order valence-electron chi connectivity index (χ4n) is 4.37. The van der Waals surface area contributed by atoms with Crippen LogP contribution in [-0.2, 0) is 19.1 Å². The van der Waals surface area contributed by atoms with Gasteiger partial charge in [0.2, 0.25) is 0 Å². The molecule has 1 atom stereocenters. The van der Waals surface area contributed by atoms with E-state index in [9.17, 15) is 19.8 Å². The van der Waals surface area contributed by atoms with Crippen molar-refractivity contribution >= 4 is 18.0 Å². The Morgan fingerprint density at radius 2 is 1.82 bits per heavy atom. The summed E-state index contributed by atoms with van der Waals surface area (Å²) in [5, 5.41) is 19.2. The van der Waals surface area contributed by atoms with Gasteiger partial charge in [0.15, 0.2) is 17.6 Å². The summed E-state index contributed by atoms with van der Waals surface area (Å²) in [5.74, 6) is -1.06. The van der Waals surface area contributed by atoms with E-state index in [2.05, 4.69) is 32.9 Å². The fourth-order valence-corrected chi connectivity index (χ4v) is 4.37. The number of hydrogen-bond donors (Lipinski definition) is 2. The first kappa shape index (κ1) is 32.4. The first-order chi connectivity index (χ1) is 18.9. The van der Waals surface area contributed by atoms with Crippen LogP contribution in [-0.4, -0.2) is 48.6 Å². The van der Waals surface area contributed by atoms with Crippen molar-refractivity contribution in [3.63, 3.8) is 0 Å². The Balaban J connectivity index is 1.86. The summed E-state index contributed by atoms with van der Waals surface area (Å²) in [6.45, 7) is 9.81. The number of benzene rings is 1. The molecular formula is C33H42O7. The second-order valence-corrected chi connectivity index (χ2v) is 10.6. The van der Waals surface area contributed by atoms with Gasteiger partial charge >= 0.3 is 11.9 Å². The van der Waals surface area contributed by atoms with Gasteiger partial charge in [-0.25, -0.2) is 9.59 Å². The average Bonchev–Trinajstić information content (AvgIpc) is 2.89. The summed E-state index contributed by atoms with van der Waals surface area (Å²) in [5.41, 5.74) is 5.44. The monoisotopic (exact) mass is 550 g/mol. The van der Waals surface area contributed by atoms with Crippen LogP contribution in [0.1, 0.15) is 59.4 Å².